The van der Waals surface area contributed by atoms with Crippen molar-refractivity contribution in [2.24, 2.45) is 0 Å². The van der Waals surface area contributed by atoms with E-state index < -0.39 is 11.5 Å². The molecule has 1 unspecified atom stereocenters. The van der Waals surface area contributed by atoms with E-state index in [9.17, 15) is 9.90 Å². The summed E-state index contributed by atoms with van der Waals surface area (Å²) in [6.45, 7) is 7.76. The van der Waals surface area contributed by atoms with Gasteiger partial charge in [0, 0.05) is 17.5 Å². The number of carboxylic acids is 1. The van der Waals surface area contributed by atoms with Gasteiger partial charge in [-0.1, -0.05) is 24.3 Å². The van der Waals surface area contributed by atoms with Gasteiger partial charge >= 0.3 is 5.97 Å². The average molecular weight is 281 g/mol. The second-order valence-electron chi connectivity index (χ2n) is 5.36. The quantitative estimate of drug-likeness (QED) is 0.806. The van der Waals surface area contributed by atoms with Crippen LogP contribution in [0.5, 0.6) is 0 Å². The fourth-order valence-corrected chi connectivity index (χ4v) is 3.20. The number of hydrogen-bond donors (Lipinski definition) is 2. The fraction of sp³-hybridized carbons (Fsp3) is 0.533. The maximum Gasteiger partial charge on any atom is 0.324 e. The van der Waals surface area contributed by atoms with E-state index in [1.807, 2.05) is 26.0 Å². The van der Waals surface area contributed by atoms with E-state index in [1.54, 1.807) is 18.7 Å². The fourth-order valence-electron chi connectivity index (χ4n) is 1.94. The Morgan fingerprint density at radius 2 is 2.05 bits per heavy atom. The van der Waals surface area contributed by atoms with Crippen LogP contribution in [0.4, 0.5) is 0 Å². The summed E-state index contributed by atoms with van der Waals surface area (Å²) >= 11 is 1.65. The highest BCUT2D eigenvalue weighted by atomic mass is 32.2. The van der Waals surface area contributed by atoms with Crippen LogP contribution >= 0.6 is 11.8 Å². The lowest BCUT2D eigenvalue weighted by Gasteiger charge is -2.28. The maximum atomic E-state index is 11.4. The number of benzene rings is 1. The van der Waals surface area contributed by atoms with Gasteiger partial charge in [0.1, 0.15) is 5.54 Å². The standard InChI is InChI=1S/C15H23NO2S/c1-11(2)16-15(4,14(17)18)10-19-9-13-8-6-5-7-12(13)3/h5-8,11,16H,9-10H2,1-4H3,(H,17,18). The largest absolute Gasteiger partial charge is 0.480 e. The van der Waals surface area contributed by atoms with Crippen molar-refractivity contribution < 1.29 is 9.90 Å². The molecule has 0 aliphatic carbocycles. The van der Waals surface area contributed by atoms with Gasteiger partial charge in [-0.25, -0.2) is 0 Å². The Morgan fingerprint density at radius 3 is 2.58 bits per heavy atom. The normalized spacial score (nSPS) is 14.4. The third-order valence-corrected chi connectivity index (χ3v) is 4.29. The highest BCUT2D eigenvalue weighted by Crippen LogP contribution is 2.21. The molecule has 1 atom stereocenters. The minimum absolute atomic E-state index is 0.153. The summed E-state index contributed by atoms with van der Waals surface area (Å²) in [6, 6.07) is 8.37. The van der Waals surface area contributed by atoms with Gasteiger partial charge in [0.15, 0.2) is 0 Å². The molecular weight excluding hydrogens is 258 g/mol. The summed E-state index contributed by atoms with van der Waals surface area (Å²) in [7, 11) is 0. The van der Waals surface area contributed by atoms with E-state index in [-0.39, 0.29) is 6.04 Å². The van der Waals surface area contributed by atoms with Crippen molar-refractivity contribution in [3.8, 4) is 0 Å². The Morgan fingerprint density at radius 1 is 1.42 bits per heavy atom. The highest BCUT2D eigenvalue weighted by molar-refractivity contribution is 7.98. The predicted octanol–water partition coefficient (Wildman–Crippen LogP) is 3.07. The van der Waals surface area contributed by atoms with Gasteiger partial charge in [-0.3, -0.25) is 10.1 Å². The van der Waals surface area contributed by atoms with Crippen molar-refractivity contribution in [3.63, 3.8) is 0 Å². The smallest absolute Gasteiger partial charge is 0.324 e. The molecule has 0 radical (unpaired) electrons. The van der Waals surface area contributed by atoms with Crippen molar-refractivity contribution in [1.82, 2.24) is 5.32 Å². The van der Waals surface area contributed by atoms with Crippen molar-refractivity contribution >= 4 is 17.7 Å². The zero-order chi connectivity index (χ0) is 14.5. The lowest BCUT2D eigenvalue weighted by Crippen LogP contribution is -2.54. The summed E-state index contributed by atoms with van der Waals surface area (Å²) in [5.74, 6) is 0.600. The Labute approximate surface area is 119 Å². The number of aliphatic carboxylic acids is 1. The van der Waals surface area contributed by atoms with Gasteiger partial charge in [0.25, 0.3) is 0 Å². The molecule has 4 heteroatoms. The third-order valence-electron chi connectivity index (χ3n) is 2.99. The Balaban J connectivity index is 2.58. The number of hydrogen-bond acceptors (Lipinski definition) is 3. The lowest BCUT2D eigenvalue weighted by molar-refractivity contribution is -0.143. The van der Waals surface area contributed by atoms with Crippen LogP contribution in [-0.2, 0) is 10.5 Å². The molecule has 106 valence electrons. The molecule has 19 heavy (non-hydrogen) atoms. The van der Waals surface area contributed by atoms with Gasteiger partial charge in [0.05, 0.1) is 0 Å². The molecule has 0 saturated carbocycles. The van der Waals surface area contributed by atoms with Gasteiger partial charge < -0.3 is 5.11 Å². The molecule has 1 aromatic carbocycles. The molecule has 0 aromatic heterocycles. The first-order valence-corrected chi connectivity index (χ1v) is 7.64. The Bertz CT molecular complexity index is 434. The molecule has 0 aliphatic rings. The van der Waals surface area contributed by atoms with Gasteiger partial charge in [-0.15, -0.1) is 0 Å². The molecule has 1 rings (SSSR count). The Hall–Kier alpha value is -1.00. The molecule has 0 fully saturated rings. The monoisotopic (exact) mass is 281 g/mol. The van der Waals surface area contributed by atoms with Crippen LogP contribution in [0.3, 0.4) is 0 Å². The topological polar surface area (TPSA) is 49.3 Å². The van der Waals surface area contributed by atoms with Crippen LogP contribution in [0.25, 0.3) is 0 Å². The molecule has 0 aliphatic heterocycles. The van der Waals surface area contributed by atoms with Crippen molar-refractivity contribution in [2.45, 2.75) is 45.0 Å². The van der Waals surface area contributed by atoms with Gasteiger partial charge in [-0.2, -0.15) is 11.8 Å². The number of carbonyl (C=O) groups is 1. The molecular formula is C15H23NO2S. The van der Waals surface area contributed by atoms with Crippen LogP contribution in [0.15, 0.2) is 24.3 Å². The van der Waals surface area contributed by atoms with Gasteiger partial charge in [-0.05, 0) is 38.8 Å². The first-order chi connectivity index (χ1) is 8.85. The number of thioether (sulfide) groups is 1. The minimum Gasteiger partial charge on any atom is -0.480 e. The Kier molecular flexibility index (Phi) is 5.88. The van der Waals surface area contributed by atoms with E-state index in [0.717, 1.165) is 5.75 Å². The zero-order valence-electron chi connectivity index (χ0n) is 12.1. The minimum atomic E-state index is -0.873. The van der Waals surface area contributed by atoms with Crippen LogP contribution in [0.1, 0.15) is 31.9 Å². The predicted molar refractivity (Wildman–Crippen MR) is 81.7 cm³/mol. The number of rotatable bonds is 7. The summed E-state index contributed by atoms with van der Waals surface area (Å²) < 4.78 is 0. The van der Waals surface area contributed by atoms with Crippen LogP contribution in [0.2, 0.25) is 0 Å². The second-order valence-corrected chi connectivity index (χ2v) is 6.34. The van der Waals surface area contributed by atoms with Crippen molar-refractivity contribution in [2.75, 3.05) is 5.75 Å². The third kappa shape index (κ3) is 4.88. The highest BCUT2D eigenvalue weighted by Gasteiger charge is 2.33. The molecule has 3 nitrogen and oxygen atoms in total. The number of carboxylic acid groups (broad SMARTS) is 1. The van der Waals surface area contributed by atoms with E-state index in [4.69, 9.17) is 0 Å². The van der Waals surface area contributed by atoms with E-state index in [1.165, 1.54) is 11.1 Å². The summed E-state index contributed by atoms with van der Waals surface area (Å²) in [5.41, 5.74) is 1.65. The van der Waals surface area contributed by atoms with Gasteiger partial charge in [0.2, 0.25) is 0 Å². The maximum absolute atomic E-state index is 11.4. The molecule has 0 spiro atoms. The lowest BCUT2D eigenvalue weighted by atomic mass is 10.1. The number of nitrogens with one attached hydrogen (secondary N) is 1. The van der Waals surface area contributed by atoms with E-state index >= 15 is 0 Å². The molecule has 0 bridgehead atoms. The molecule has 0 amide bonds. The molecule has 0 saturated heterocycles. The average Bonchev–Trinajstić information content (AvgIpc) is 2.30. The van der Waals surface area contributed by atoms with E-state index in [0.29, 0.717) is 5.75 Å². The second kappa shape index (κ2) is 6.96. The molecule has 2 N–H and O–H groups in total. The van der Waals surface area contributed by atoms with Crippen molar-refractivity contribution in [3.05, 3.63) is 35.4 Å². The summed E-state index contributed by atoms with van der Waals surface area (Å²) in [5, 5.41) is 12.5. The number of aryl methyl sites for hydroxylation is 1. The summed E-state index contributed by atoms with van der Waals surface area (Å²) in [6.07, 6.45) is 0. The molecule has 1 aromatic rings. The zero-order valence-corrected chi connectivity index (χ0v) is 12.9. The summed E-state index contributed by atoms with van der Waals surface area (Å²) in [4.78, 5) is 11.4. The van der Waals surface area contributed by atoms with Crippen LogP contribution < -0.4 is 5.32 Å². The molecule has 0 heterocycles. The first-order valence-electron chi connectivity index (χ1n) is 6.48. The first kappa shape index (κ1) is 16.1. The van der Waals surface area contributed by atoms with Crippen molar-refractivity contribution in [1.29, 1.82) is 0 Å². The van der Waals surface area contributed by atoms with Crippen LogP contribution in [-0.4, -0.2) is 28.4 Å². The SMILES string of the molecule is Cc1ccccc1CSCC(C)(NC(C)C)C(=O)O. The van der Waals surface area contributed by atoms with Crippen LogP contribution in [0, 0.1) is 6.92 Å². The van der Waals surface area contributed by atoms with E-state index in [2.05, 4.69) is 24.4 Å².